The van der Waals surface area contributed by atoms with Crippen molar-refractivity contribution in [3.05, 3.63) is 90.5 Å². The molecule has 12 heteroatoms. The standard InChI is InChI=1S/C24H14FN5O4S2/c25-23-4-1-15(12-29-23)20-10-19(16-5-7-33-14-16)22(13-28-20)34-21-3-2-18(9-17(21)11-26)36(31,32)30-24-27-6-8-35-24/h1-10,12-14H,(H,27,30)/p+1. The molecule has 0 amide bonds. The van der Waals surface area contributed by atoms with Crippen molar-refractivity contribution in [3.63, 3.8) is 0 Å². The molecule has 1 aromatic carbocycles. The number of nitriles is 1. The van der Waals surface area contributed by atoms with Crippen LogP contribution in [0.15, 0.2) is 88.3 Å². The Balaban J connectivity index is 1.50. The van der Waals surface area contributed by atoms with Crippen LogP contribution in [0.2, 0.25) is 0 Å². The molecule has 0 saturated heterocycles. The fourth-order valence-electron chi connectivity index (χ4n) is 3.33. The molecule has 0 aliphatic carbocycles. The lowest BCUT2D eigenvalue weighted by atomic mass is 10.1. The van der Waals surface area contributed by atoms with E-state index in [1.54, 1.807) is 23.6 Å². The minimum atomic E-state index is -3.83. The molecule has 4 heterocycles. The molecule has 36 heavy (non-hydrogen) atoms. The van der Waals surface area contributed by atoms with Crippen molar-refractivity contribution in [2.75, 3.05) is 0 Å². The first-order valence-corrected chi connectivity index (χ1v) is 12.7. The second-order valence-electron chi connectivity index (χ2n) is 7.35. The lowest BCUT2D eigenvalue weighted by Gasteiger charge is -2.13. The predicted octanol–water partition coefficient (Wildman–Crippen LogP) is 4.25. The maximum Gasteiger partial charge on any atom is 0.330 e. The van der Waals surface area contributed by atoms with Gasteiger partial charge in [-0.15, -0.1) is 0 Å². The Morgan fingerprint density at radius 3 is 2.61 bits per heavy atom. The third-order valence-corrected chi connectivity index (χ3v) is 7.37. The first kappa shape index (κ1) is 23.3. The van der Waals surface area contributed by atoms with Gasteiger partial charge in [-0.1, -0.05) is 11.3 Å². The molecule has 2 N–H and O–H groups in total. The van der Waals surface area contributed by atoms with Gasteiger partial charge in [0.2, 0.25) is 5.95 Å². The number of nitrogens with zero attached hydrogens (tertiary/aromatic N) is 4. The van der Waals surface area contributed by atoms with E-state index in [9.17, 15) is 18.1 Å². The summed E-state index contributed by atoms with van der Waals surface area (Å²) in [5.41, 5.74) is 2.41. The van der Waals surface area contributed by atoms with E-state index in [1.807, 2.05) is 6.07 Å². The molecule has 0 aliphatic heterocycles. The number of hydrogen-bond acceptors (Lipinski definition) is 9. The zero-order valence-electron chi connectivity index (χ0n) is 18.2. The first-order chi connectivity index (χ1) is 17.4. The van der Waals surface area contributed by atoms with Gasteiger partial charge in [-0.05, 0) is 42.5 Å². The summed E-state index contributed by atoms with van der Waals surface area (Å²) in [7, 11) is -3.83. The van der Waals surface area contributed by atoms with E-state index in [-0.39, 0.29) is 16.2 Å². The van der Waals surface area contributed by atoms with E-state index < -0.39 is 16.0 Å². The lowest BCUT2D eigenvalue weighted by molar-refractivity contribution is -0.397. The fraction of sp³-hybridized carbons (Fsp3) is 0. The number of sulfonamides is 1. The van der Waals surface area contributed by atoms with Gasteiger partial charge in [0.1, 0.15) is 16.7 Å². The van der Waals surface area contributed by atoms with Crippen molar-refractivity contribution in [1.29, 1.82) is 5.26 Å². The number of primary sulfonamides is 1. The molecule has 5 aromatic rings. The van der Waals surface area contributed by atoms with Crippen molar-refractivity contribution in [1.82, 2.24) is 15.0 Å². The number of furan rings is 1. The number of pyridine rings is 2. The van der Waals surface area contributed by atoms with Crippen molar-refractivity contribution in [3.8, 4) is 40.0 Å². The molecule has 0 fully saturated rings. The summed E-state index contributed by atoms with van der Waals surface area (Å²) in [4.78, 5) is 12.0. The number of hydrogen-bond donors (Lipinski definition) is 1. The van der Waals surface area contributed by atoms with Gasteiger partial charge in [0.25, 0.3) is 5.13 Å². The summed E-state index contributed by atoms with van der Waals surface area (Å²) in [6.07, 6.45) is 7.35. The number of rotatable bonds is 7. The van der Waals surface area contributed by atoms with Crippen molar-refractivity contribution in [2.45, 2.75) is 4.90 Å². The van der Waals surface area contributed by atoms with Crippen molar-refractivity contribution < 1.29 is 26.7 Å². The maximum absolute atomic E-state index is 13.2. The smallest absolute Gasteiger partial charge is 0.330 e. The Morgan fingerprint density at radius 2 is 1.92 bits per heavy atom. The van der Waals surface area contributed by atoms with Crippen LogP contribution in [0, 0.1) is 17.3 Å². The van der Waals surface area contributed by atoms with Gasteiger partial charge < -0.3 is 9.15 Å². The number of benzene rings is 1. The Labute approximate surface area is 208 Å². The predicted molar refractivity (Wildman–Crippen MR) is 127 cm³/mol. The van der Waals surface area contributed by atoms with Crippen LogP contribution in [0.5, 0.6) is 11.5 Å². The van der Waals surface area contributed by atoms with Crippen molar-refractivity contribution >= 4 is 26.5 Å². The van der Waals surface area contributed by atoms with Crippen molar-refractivity contribution in [2.24, 2.45) is 0 Å². The van der Waals surface area contributed by atoms with Gasteiger partial charge in [-0.2, -0.15) is 27.8 Å². The number of ether oxygens (including phenoxy) is 1. The Hall–Kier alpha value is -4.44. The van der Waals surface area contributed by atoms with Crippen LogP contribution >= 0.6 is 11.3 Å². The van der Waals surface area contributed by atoms with E-state index in [2.05, 4.69) is 15.0 Å². The largest absolute Gasteiger partial charge is 0.472 e. The summed E-state index contributed by atoms with van der Waals surface area (Å²) in [5.74, 6) is -0.155. The highest BCUT2D eigenvalue weighted by Crippen LogP contribution is 2.37. The van der Waals surface area contributed by atoms with Crippen LogP contribution < -0.4 is 9.46 Å². The minimum Gasteiger partial charge on any atom is -0.472 e. The van der Waals surface area contributed by atoms with E-state index >= 15 is 0 Å². The quantitative estimate of drug-likeness (QED) is 0.315. The van der Waals surface area contributed by atoms with E-state index in [0.717, 1.165) is 4.72 Å². The summed E-state index contributed by atoms with van der Waals surface area (Å²) in [6, 6.07) is 12.3. The molecule has 4 aromatic heterocycles. The van der Waals surface area contributed by atoms with E-state index in [4.69, 9.17) is 9.15 Å². The van der Waals surface area contributed by atoms with E-state index in [0.29, 0.717) is 33.3 Å². The van der Waals surface area contributed by atoms with Crippen LogP contribution in [0.4, 0.5) is 9.52 Å². The molecule has 0 atom stereocenters. The van der Waals surface area contributed by atoms with Gasteiger partial charge in [-0.3, -0.25) is 4.98 Å². The second kappa shape index (κ2) is 9.67. The van der Waals surface area contributed by atoms with Gasteiger partial charge in [0, 0.05) is 34.5 Å². The average Bonchev–Trinajstić information content (AvgIpc) is 3.59. The number of aromatic nitrogens is 3. The molecular formula is C24H15FN5O4S2+. The third-order valence-electron chi connectivity index (χ3n) is 5.05. The van der Waals surface area contributed by atoms with Gasteiger partial charge in [-0.25, -0.2) is 4.98 Å². The van der Waals surface area contributed by atoms with Gasteiger partial charge in [0.15, 0.2) is 5.75 Å². The minimum absolute atomic E-state index is 0.0218. The highest BCUT2D eigenvalue weighted by Gasteiger charge is 2.23. The molecule has 5 rings (SSSR count). The van der Waals surface area contributed by atoms with Crippen LogP contribution in [0.25, 0.3) is 22.4 Å². The zero-order chi connectivity index (χ0) is 25.1. The average molecular weight is 521 g/mol. The van der Waals surface area contributed by atoms with E-state index in [1.165, 1.54) is 66.7 Å². The highest BCUT2D eigenvalue weighted by atomic mass is 32.2. The number of halogens is 1. The maximum atomic E-state index is 13.2. The summed E-state index contributed by atoms with van der Waals surface area (Å²) in [5, 5.41) is 11.7. The van der Waals surface area contributed by atoms with Crippen LogP contribution in [-0.2, 0) is 10.0 Å². The summed E-state index contributed by atoms with van der Waals surface area (Å²) in [6.45, 7) is 0. The first-order valence-electron chi connectivity index (χ1n) is 10.3. The number of thiazole rings is 1. The Bertz CT molecular complexity index is 1670. The summed E-state index contributed by atoms with van der Waals surface area (Å²) >= 11 is 1.19. The normalized spacial score (nSPS) is 11.2. The lowest BCUT2D eigenvalue weighted by Crippen LogP contribution is -2.81. The number of quaternary nitrogens is 1. The summed E-state index contributed by atoms with van der Waals surface area (Å²) < 4.78 is 51.0. The number of nitrogens with two attached hydrogens (primary N) is 1. The fourth-order valence-corrected chi connectivity index (χ4v) is 5.31. The monoisotopic (exact) mass is 520 g/mol. The molecule has 0 unspecified atom stereocenters. The molecule has 178 valence electrons. The molecule has 0 aliphatic rings. The SMILES string of the molecule is N#Cc1cc(S(=O)(=O)[NH2+]c2nccs2)ccc1Oc1cnc(-c2ccc(F)nc2)cc1-c1ccoc1. The van der Waals surface area contributed by atoms with Crippen LogP contribution in [-0.4, -0.2) is 23.4 Å². The second-order valence-corrected chi connectivity index (χ2v) is 10.1. The van der Waals surface area contributed by atoms with Crippen LogP contribution in [0.3, 0.4) is 0 Å². The zero-order valence-corrected chi connectivity index (χ0v) is 19.8. The molecule has 0 saturated carbocycles. The molecule has 0 radical (unpaired) electrons. The molecule has 0 spiro atoms. The topological polar surface area (TPSA) is 136 Å². The molecule has 0 bridgehead atoms. The molecular weight excluding hydrogens is 505 g/mol. The van der Waals surface area contributed by atoms with Gasteiger partial charge >= 0.3 is 10.0 Å². The Morgan fingerprint density at radius 1 is 1.03 bits per heavy atom. The Kier molecular flexibility index (Phi) is 6.26. The van der Waals surface area contributed by atoms with Crippen LogP contribution in [0.1, 0.15) is 5.56 Å². The van der Waals surface area contributed by atoms with Gasteiger partial charge in [0.05, 0.1) is 30.0 Å². The molecule has 9 nitrogen and oxygen atoms in total. The highest BCUT2D eigenvalue weighted by molar-refractivity contribution is 7.85. The third kappa shape index (κ3) is 4.84.